The Labute approximate surface area is 116 Å². The number of aliphatic hydroxyl groups is 1. The van der Waals surface area contributed by atoms with Crippen molar-refractivity contribution in [2.24, 2.45) is 11.1 Å². The van der Waals surface area contributed by atoms with E-state index < -0.39 is 0 Å². The maximum atomic E-state index is 11.0. The molecule has 2 aliphatic carbocycles. The van der Waals surface area contributed by atoms with E-state index in [1.54, 1.807) is 0 Å². The van der Waals surface area contributed by atoms with E-state index in [4.69, 9.17) is 5.73 Å². The maximum Gasteiger partial charge on any atom is 0.0861 e. The van der Waals surface area contributed by atoms with Crippen molar-refractivity contribution in [3.05, 3.63) is 35.4 Å². The Balaban J connectivity index is 1.91. The average Bonchev–Trinajstić information content (AvgIpc) is 3.32. The largest absolute Gasteiger partial charge is 0.388 e. The molecule has 19 heavy (non-hydrogen) atoms. The second-order valence-corrected chi connectivity index (χ2v) is 6.43. The van der Waals surface area contributed by atoms with Crippen LogP contribution in [0.2, 0.25) is 0 Å². The summed E-state index contributed by atoms with van der Waals surface area (Å²) in [4.78, 5) is 0. The summed E-state index contributed by atoms with van der Waals surface area (Å²) in [6.45, 7) is 0.604. The third-order valence-electron chi connectivity index (χ3n) is 5.14. The summed E-state index contributed by atoms with van der Waals surface area (Å²) >= 11 is 0. The number of rotatable bonds is 4. The lowest BCUT2D eigenvalue weighted by Gasteiger charge is -2.41. The van der Waals surface area contributed by atoms with Gasteiger partial charge in [-0.3, -0.25) is 0 Å². The standard InChI is InChI=1S/C17H25NO/c18-12-17(10-4-1-5-11-17)16(19)15-7-3-2-6-14(15)13-8-9-13/h2-3,6-7,13,16,19H,1,4-5,8-12,18H2. The lowest BCUT2D eigenvalue weighted by Crippen LogP contribution is -2.39. The fourth-order valence-corrected chi connectivity index (χ4v) is 3.70. The van der Waals surface area contributed by atoms with Crippen molar-refractivity contribution in [1.29, 1.82) is 0 Å². The summed E-state index contributed by atoms with van der Waals surface area (Å²) in [7, 11) is 0. The van der Waals surface area contributed by atoms with Crippen molar-refractivity contribution in [2.75, 3.05) is 6.54 Å². The van der Waals surface area contributed by atoms with E-state index in [0.29, 0.717) is 12.5 Å². The molecule has 2 fully saturated rings. The summed E-state index contributed by atoms with van der Waals surface area (Å²) in [5, 5.41) is 11.0. The highest BCUT2D eigenvalue weighted by Crippen LogP contribution is 2.49. The predicted octanol–water partition coefficient (Wildman–Crippen LogP) is 3.51. The van der Waals surface area contributed by atoms with E-state index >= 15 is 0 Å². The highest BCUT2D eigenvalue weighted by Gasteiger charge is 2.40. The first-order valence-electron chi connectivity index (χ1n) is 7.74. The molecule has 2 aliphatic rings. The molecular weight excluding hydrogens is 234 g/mol. The molecule has 0 aromatic heterocycles. The topological polar surface area (TPSA) is 46.2 Å². The van der Waals surface area contributed by atoms with Crippen LogP contribution >= 0.6 is 0 Å². The van der Waals surface area contributed by atoms with Gasteiger partial charge in [-0.1, -0.05) is 43.5 Å². The van der Waals surface area contributed by atoms with Crippen LogP contribution in [0.15, 0.2) is 24.3 Å². The van der Waals surface area contributed by atoms with Crippen LogP contribution in [-0.4, -0.2) is 11.7 Å². The van der Waals surface area contributed by atoms with Gasteiger partial charge in [0.2, 0.25) is 0 Å². The number of benzene rings is 1. The highest BCUT2D eigenvalue weighted by atomic mass is 16.3. The normalized spacial score (nSPS) is 24.1. The third kappa shape index (κ3) is 2.44. The fourth-order valence-electron chi connectivity index (χ4n) is 3.70. The van der Waals surface area contributed by atoms with E-state index in [-0.39, 0.29) is 11.5 Å². The molecule has 2 nitrogen and oxygen atoms in total. The average molecular weight is 259 g/mol. The summed E-state index contributed by atoms with van der Waals surface area (Å²) in [6, 6.07) is 8.46. The van der Waals surface area contributed by atoms with Crippen LogP contribution < -0.4 is 5.73 Å². The molecule has 0 amide bonds. The van der Waals surface area contributed by atoms with E-state index in [2.05, 4.69) is 24.3 Å². The van der Waals surface area contributed by atoms with Gasteiger partial charge in [0.05, 0.1) is 6.10 Å². The van der Waals surface area contributed by atoms with Gasteiger partial charge in [0.15, 0.2) is 0 Å². The zero-order chi connectivity index (χ0) is 13.3. The maximum absolute atomic E-state index is 11.0. The molecule has 1 unspecified atom stereocenters. The molecule has 0 bridgehead atoms. The number of hydrogen-bond donors (Lipinski definition) is 2. The Morgan fingerprint density at radius 2 is 1.84 bits per heavy atom. The molecule has 0 spiro atoms. The van der Waals surface area contributed by atoms with Gasteiger partial charge in [-0.05, 0) is 42.7 Å². The SMILES string of the molecule is NCC1(C(O)c2ccccc2C2CC2)CCCCC1. The van der Waals surface area contributed by atoms with E-state index in [0.717, 1.165) is 18.4 Å². The number of aliphatic hydroxyl groups excluding tert-OH is 1. The van der Waals surface area contributed by atoms with Crippen molar-refractivity contribution in [3.8, 4) is 0 Å². The molecule has 1 aromatic rings. The summed E-state index contributed by atoms with van der Waals surface area (Å²) in [5.74, 6) is 0.685. The van der Waals surface area contributed by atoms with Gasteiger partial charge in [0, 0.05) is 12.0 Å². The first-order chi connectivity index (χ1) is 9.27. The van der Waals surface area contributed by atoms with Crippen LogP contribution in [0.4, 0.5) is 0 Å². The zero-order valence-electron chi connectivity index (χ0n) is 11.6. The molecule has 2 heteroatoms. The zero-order valence-corrected chi connectivity index (χ0v) is 11.6. The lowest BCUT2D eigenvalue weighted by molar-refractivity contribution is 0.000132. The summed E-state index contributed by atoms with van der Waals surface area (Å²) in [6.07, 6.45) is 8.03. The lowest BCUT2D eigenvalue weighted by atomic mass is 9.68. The monoisotopic (exact) mass is 259 g/mol. The van der Waals surface area contributed by atoms with Crippen LogP contribution in [0.1, 0.15) is 68.1 Å². The number of hydrogen-bond acceptors (Lipinski definition) is 2. The molecule has 0 radical (unpaired) electrons. The molecule has 3 rings (SSSR count). The van der Waals surface area contributed by atoms with Crippen molar-refractivity contribution < 1.29 is 5.11 Å². The van der Waals surface area contributed by atoms with Crippen LogP contribution in [0.5, 0.6) is 0 Å². The molecule has 104 valence electrons. The summed E-state index contributed by atoms with van der Waals surface area (Å²) < 4.78 is 0. The highest BCUT2D eigenvalue weighted by molar-refractivity contribution is 5.36. The second kappa shape index (κ2) is 5.26. The Kier molecular flexibility index (Phi) is 3.64. The van der Waals surface area contributed by atoms with Gasteiger partial charge in [0.1, 0.15) is 0 Å². The van der Waals surface area contributed by atoms with Crippen LogP contribution in [0, 0.1) is 5.41 Å². The molecule has 0 aliphatic heterocycles. The fraction of sp³-hybridized carbons (Fsp3) is 0.647. The molecule has 0 heterocycles. The van der Waals surface area contributed by atoms with Crippen LogP contribution in [0.3, 0.4) is 0 Å². The van der Waals surface area contributed by atoms with Gasteiger partial charge >= 0.3 is 0 Å². The van der Waals surface area contributed by atoms with Gasteiger partial charge in [-0.15, -0.1) is 0 Å². The van der Waals surface area contributed by atoms with Gasteiger partial charge in [0.25, 0.3) is 0 Å². The molecule has 2 saturated carbocycles. The van der Waals surface area contributed by atoms with E-state index in [1.807, 2.05) is 0 Å². The smallest absolute Gasteiger partial charge is 0.0861 e. The minimum Gasteiger partial charge on any atom is -0.388 e. The van der Waals surface area contributed by atoms with Crippen molar-refractivity contribution in [1.82, 2.24) is 0 Å². The van der Waals surface area contributed by atoms with Crippen molar-refractivity contribution in [2.45, 2.75) is 57.0 Å². The van der Waals surface area contributed by atoms with Gasteiger partial charge < -0.3 is 10.8 Å². The Hall–Kier alpha value is -0.860. The van der Waals surface area contributed by atoms with E-state index in [9.17, 15) is 5.11 Å². The van der Waals surface area contributed by atoms with Crippen LogP contribution in [0.25, 0.3) is 0 Å². The predicted molar refractivity (Wildman–Crippen MR) is 77.9 cm³/mol. The quantitative estimate of drug-likeness (QED) is 0.869. The Morgan fingerprint density at radius 3 is 2.47 bits per heavy atom. The van der Waals surface area contributed by atoms with E-state index in [1.165, 1.54) is 37.7 Å². The van der Waals surface area contributed by atoms with Crippen molar-refractivity contribution >= 4 is 0 Å². The molecule has 0 saturated heterocycles. The molecule has 1 atom stereocenters. The first kappa shape index (κ1) is 13.1. The molecule has 1 aromatic carbocycles. The van der Waals surface area contributed by atoms with Crippen LogP contribution in [-0.2, 0) is 0 Å². The number of nitrogens with two attached hydrogens (primary N) is 1. The first-order valence-corrected chi connectivity index (χ1v) is 7.74. The summed E-state index contributed by atoms with van der Waals surface area (Å²) in [5.41, 5.74) is 8.50. The molecule has 3 N–H and O–H groups in total. The van der Waals surface area contributed by atoms with Gasteiger partial charge in [-0.2, -0.15) is 0 Å². The minimum atomic E-state index is -0.380. The van der Waals surface area contributed by atoms with Crippen molar-refractivity contribution in [3.63, 3.8) is 0 Å². The Morgan fingerprint density at radius 1 is 1.16 bits per heavy atom. The van der Waals surface area contributed by atoms with Gasteiger partial charge in [-0.25, -0.2) is 0 Å². The minimum absolute atomic E-state index is 0.0801. The second-order valence-electron chi connectivity index (χ2n) is 6.43. The third-order valence-corrected chi connectivity index (χ3v) is 5.14. The molecular formula is C17H25NO. The Bertz CT molecular complexity index is 433.